The maximum atomic E-state index is 14.6. The summed E-state index contributed by atoms with van der Waals surface area (Å²) in [5.41, 5.74) is 1.92. The zero-order valence-electron chi connectivity index (χ0n) is 14.2. The van der Waals surface area contributed by atoms with E-state index in [2.05, 4.69) is 4.98 Å². The lowest BCUT2D eigenvalue weighted by molar-refractivity contribution is 0.00578. The lowest BCUT2D eigenvalue weighted by atomic mass is 9.79. The minimum atomic E-state index is -0.738. The quantitative estimate of drug-likeness (QED) is 0.628. The van der Waals surface area contributed by atoms with Gasteiger partial charge in [-0.05, 0) is 46.2 Å². The van der Waals surface area contributed by atoms with Crippen LogP contribution in [0.25, 0.3) is 11.3 Å². The van der Waals surface area contributed by atoms with Crippen molar-refractivity contribution >= 4 is 12.6 Å². The van der Waals surface area contributed by atoms with Gasteiger partial charge in [-0.15, -0.1) is 0 Å². The molecule has 1 aliphatic rings. The predicted molar refractivity (Wildman–Crippen MR) is 90.1 cm³/mol. The van der Waals surface area contributed by atoms with Crippen LogP contribution in [0, 0.1) is 12.9 Å². The maximum absolute atomic E-state index is 14.6. The molecule has 1 fully saturated rings. The van der Waals surface area contributed by atoms with Crippen molar-refractivity contribution in [1.82, 2.24) is 4.98 Å². The van der Waals surface area contributed by atoms with E-state index in [4.69, 9.17) is 9.31 Å². The molecule has 0 spiro atoms. The molecular weight excluding hydrogens is 292 g/mol. The fourth-order valence-corrected chi connectivity index (χ4v) is 2.60. The Kier molecular flexibility index (Phi) is 3.81. The van der Waals surface area contributed by atoms with Crippen LogP contribution in [0.4, 0.5) is 4.39 Å². The van der Waals surface area contributed by atoms with Crippen molar-refractivity contribution in [3.8, 4) is 11.3 Å². The Labute approximate surface area is 137 Å². The number of aromatic nitrogens is 1. The van der Waals surface area contributed by atoms with E-state index < -0.39 is 24.3 Å². The second-order valence-electron chi connectivity index (χ2n) is 6.98. The first-order chi connectivity index (χ1) is 10.7. The fraction of sp³-hybridized carbons (Fsp3) is 0.389. The van der Waals surface area contributed by atoms with E-state index in [1.165, 1.54) is 0 Å². The van der Waals surface area contributed by atoms with Gasteiger partial charge in [0.1, 0.15) is 0 Å². The highest BCUT2D eigenvalue weighted by Crippen LogP contribution is 2.36. The van der Waals surface area contributed by atoms with Crippen molar-refractivity contribution in [2.75, 3.05) is 0 Å². The summed E-state index contributed by atoms with van der Waals surface area (Å²) in [4.78, 5) is 4.12. The average Bonchev–Trinajstić information content (AvgIpc) is 2.67. The second kappa shape index (κ2) is 5.43. The molecule has 0 saturated carbocycles. The summed E-state index contributed by atoms with van der Waals surface area (Å²) in [7, 11) is -0.738. The molecule has 120 valence electrons. The normalized spacial score (nSPS) is 19.1. The van der Waals surface area contributed by atoms with Gasteiger partial charge >= 0.3 is 7.12 Å². The van der Waals surface area contributed by atoms with Gasteiger partial charge in [0.15, 0.2) is 0 Å². The van der Waals surface area contributed by atoms with Crippen molar-refractivity contribution in [2.45, 2.75) is 45.8 Å². The van der Waals surface area contributed by atoms with Crippen LogP contribution in [0.1, 0.15) is 33.3 Å². The summed E-state index contributed by atoms with van der Waals surface area (Å²) >= 11 is 0. The molecule has 3 nitrogen and oxygen atoms in total. The summed E-state index contributed by atoms with van der Waals surface area (Å²) < 4.78 is 26.3. The number of halogens is 1. The van der Waals surface area contributed by atoms with E-state index in [-0.39, 0.29) is 0 Å². The third-order valence-corrected chi connectivity index (χ3v) is 4.81. The minimum absolute atomic E-state index is 0.334. The Bertz CT molecular complexity index is 730. The fourth-order valence-electron chi connectivity index (χ4n) is 2.60. The standard InChI is InChI=1S/C18H21BFNO2/c1-12-8-6-7-9-13(12)15-11-10-14(16(20)21-15)19-22-17(2,3)18(4,5)23-19/h6-11H,1-5H3. The molecule has 1 aromatic carbocycles. The summed E-state index contributed by atoms with van der Waals surface area (Å²) in [6.45, 7) is 9.76. The Balaban J connectivity index is 1.94. The molecule has 23 heavy (non-hydrogen) atoms. The van der Waals surface area contributed by atoms with Crippen LogP contribution in [-0.2, 0) is 9.31 Å². The predicted octanol–water partition coefficient (Wildman–Crippen LogP) is 3.50. The molecule has 0 aliphatic carbocycles. The van der Waals surface area contributed by atoms with Gasteiger partial charge < -0.3 is 9.31 Å². The van der Waals surface area contributed by atoms with Gasteiger partial charge in [0, 0.05) is 11.0 Å². The van der Waals surface area contributed by atoms with Crippen molar-refractivity contribution < 1.29 is 13.7 Å². The molecule has 0 radical (unpaired) electrons. The molecular formula is C18H21BFNO2. The molecule has 0 atom stereocenters. The largest absolute Gasteiger partial charge is 0.499 e. The monoisotopic (exact) mass is 313 g/mol. The number of pyridine rings is 1. The molecule has 2 heterocycles. The lowest BCUT2D eigenvalue weighted by Crippen LogP contribution is -2.41. The van der Waals surface area contributed by atoms with Gasteiger partial charge in [-0.2, -0.15) is 4.39 Å². The number of benzene rings is 1. The molecule has 1 aromatic heterocycles. The average molecular weight is 313 g/mol. The van der Waals surface area contributed by atoms with Gasteiger partial charge in [0.2, 0.25) is 5.95 Å². The molecule has 0 amide bonds. The van der Waals surface area contributed by atoms with Gasteiger partial charge in [0.05, 0.1) is 16.9 Å². The van der Waals surface area contributed by atoms with Crippen LogP contribution >= 0.6 is 0 Å². The van der Waals surface area contributed by atoms with Crippen LogP contribution in [0.2, 0.25) is 0 Å². The van der Waals surface area contributed by atoms with Crippen LogP contribution < -0.4 is 5.46 Å². The lowest BCUT2D eigenvalue weighted by Gasteiger charge is -2.32. The molecule has 0 unspecified atom stereocenters. The summed E-state index contributed by atoms with van der Waals surface area (Å²) in [6.07, 6.45) is 0. The zero-order valence-corrected chi connectivity index (χ0v) is 14.2. The van der Waals surface area contributed by atoms with E-state index in [0.29, 0.717) is 11.2 Å². The molecule has 5 heteroatoms. The van der Waals surface area contributed by atoms with Crippen LogP contribution in [0.5, 0.6) is 0 Å². The first-order valence-corrected chi connectivity index (χ1v) is 7.79. The molecule has 1 aliphatic heterocycles. The van der Waals surface area contributed by atoms with Crippen molar-refractivity contribution in [1.29, 1.82) is 0 Å². The van der Waals surface area contributed by atoms with Crippen LogP contribution in [0.15, 0.2) is 36.4 Å². The second-order valence-corrected chi connectivity index (χ2v) is 6.98. The molecule has 3 rings (SSSR count). The van der Waals surface area contributed by atoms with Gasteiger partial charge in [-0.25, -0.2) is 4.98 Å². The third-order valence-electron chi connectivity index (χ3n) is 4.81. The first kappa shape index (κ1) is 16.2. The van der Waals surface area contributed by atoms with E-state index in [0.717, 1.165) is 11.1 Å². The number of hydrogen-bond acceptors (Lipinski definition) is 3. The maximum Gasteiger partial charge on any atom is 0.499 e. The Hall–Kier alpha value is -1.72. The molecule has 0 N–H and O–H groups in total. The highest BCUT2D eigenvalue weighted by molar-refractivity contribution is 6.62. The SMILES string of the molecule is Cc1ccccc1-c1ccc(B2OC(C)(C)C(C)(C)O2)c(F)n1. The highest BCUT2D eigenvalue weighted by Gasteiger charge is 2.52. The van der Waals surface area contributed by atoms with Crippen LogP contribution in [0.3, 0.4) is 0 Å². The molecule has 2 aromatic rings. The van der Waals surface area contributed by atoms with E-state index in [1.54, 1.807) is 6.07 Å². The number of hydrogen-bond donors (Lipinski definition) is 0. The van der Waals surface area contributed by atoms with Crippen molar-refractivity contribution in [3.05, 3.63) is 47.9 Å². The highest BCUT2D eigenvalue weighted by atomic mass is 19.1. The smallest absolute Gasteiger partial charge is 0.399 e. The van der Waals surface area contributed by atoms with Crippen LogP contribution in [-0.4, -0.2) is 23.3 Å². The van der Waals surface area contributed by atoms with Gasteiger partial charge in [0.25, 0.3) is 0 Å². The number of aryl methyl sites for hydroxylation is 1. The van der Waals surface area contributed by atoms with Crippen molar-refractivity contribution in [3.63, 3.8) is 0 Å². The van der Waals surface area contributed by atoms with Gasteiger partial charge in [-0.3, -0.25) is 0 Å². The molecule has 0 bridgehead atoms. The zero-order chi connectivity index (χ0) is 16.8. The summed E-state index contributed by atoms with van der Waals surface area (Å²) in [5.74, 6) is -0.552. The van der Waals surface area contributed by atoms with E-state index >= 15 is 0 Å². The molecule has 1 saturated heterocycles. The number of rotatable bonds is 2. The van der Waals surface area contributed by atoms with Crippen molar-refractivity contribution in [2.24, 2.45) is 0 Å². The Morgan fingerprint density at radius 1 is 0.957 bits per heavy atom. The number of nitrogens with zero attached hydrogens (tertiary/aromatic N) is 1. The Morgan fingerprint density at radius 3 is 2.13 bits per heavy atom. The minimum Gasteiger partial charge on any atom is -0.399 e. The summed E-state index contributed by atoms with van der Waals surface area (Å²) in [6, 6.07) is 11.3. The third kappa shape index (κ3) is 2.79. The van der Waals surface area contributed by atoms with E-state index in [1.807, 2.05) is 65.0 Å². The van der Waals surface area contributed by atoms with Gasteiger partial charge in [-0.1, -0.05) is 30.3 Å². The topological polar surface area (TPSA) is 31.4 Å². The Morgan fingerprint density at radius 2 is 1.57 bits per heavy atom. The first-order valence-electron chi connectivity index (χ1n) is 7.79. The summed E-state index contributed by atoms with van der Waals surface area (Å²) in [5, 5.41) is 0. The van der Waals surface area contributed by atoms with E-state index in [9.17, 15) is 4.39 Å².